The van der Waals surface area contributed by atoms with Gasteiger partial charge in [-0.25, -0.2) is 0 Å². The smallest absolute Gasteiger partial charge is 0.0343 e. The third kappa shape index (κ3) is 2.95. The number of hydrogen-bond donors (Lipinski definition) is 1. The molecule has 10 heavy (non-hydrogen) atoms. The van der Waals surface area contributed by atoms with E-state index in [1.165, 1.54) is 0 Å². The summed E-state index contributed by atoms with van der Waals surface area (Å²) in [5.41, 5.74) is 7.53. The van der Waals surface area contributed by atoms with Crippen LogP contribution in [-0.2, 0) is 0 Å². The molecule has 1 rings (SSSR count). The first-order chi connectivity index (χ1) is 3.80. The van der Waals surface area contributed by atoms with Crippen LogP contribution >= 0.6 is 24.8 Å². The Bertz CT molecular complexity index is 168. The minimum absolute atomic E-state index is 0. The molecule has 0 aliphatic rings. The maximum atomic E-state index is 5.52. The second-order valence-electron chi connectivity index (χ2n) is 1.86. The zero-order chi connectivity index (χ0) is 5.98. The van der Waals surface area contributed by atoms with Gasteiger partial charge in [-0.15, -0.1) is 24.8 Å². The van der Waals surface area contributed by atoms with Crippen molar-refractivity contribution in [2.45, 2.75) is 6.92 Å². The van der Waals surface area contributed by atoms with Crippen LogP contribution in [-0.4, -0.2) is 0 Å². The second kappa shape index (κ2) is 5.39. The van der Waals surface area contributed by atoms with E-state index in [1.807, 2.05) is 31.2 Å². The molecule has 3 heteroatoms. The molecule has 1 aromatic rings. The highest BCUT2D eigenvalue weighted by Gasteiger charge is 1.84. The van der Waals surface area contributed by atoms with E-state index >= 15 is 0 Å². The molecule has 0 unspecified atom stereocenters. The SMILES string of the molecule is Cc1ccccc1N.Cl.Cl. The highest BCUT2D eigenvalue weighted by Crippen LogP contribution is 2.06. The fourth-order valence-electron chi connectivity index (χ4n) is 0.587. The van der Waals surface area contributed by atoms with Crippen molar-refractivity contribution in [3.63, 3.8) is 0 Å². The molecule has 2 N–H and O–H groups in total. The Kier molecular flexibility index (Phi) is 6.63. The van der Waals surface area contributed by atoms with Gasteiger partial charge in [0, 0.05) is 5.69 Å². The Morgan fingerprint density at radius 1 is 1.10 bits per heavy atom. The van der Waals surface area contributed by atoms with Crippen LogP contribution in [0.1, 0.15) is 5.56 Å². The summed E-state index contributed by atoms with van der Waals surface area (Å²) >= 11 is 0. The predicted molar refractivity (Wildman–Crippen MR) is 50.1 cm³/mol. The van der Waals surface area contributed by atoms with E-state index in [9.17, 15) is 0 Å². The fourth-order valence-corrected chi connectivity index (χ4v) is 0.587. The second-order valence-corrected chi connectivity index (χ2v) is 1.86. The lowest BCUT2D eigenvalue weighted by Gasteiger charge is -1.93. The first kappa shape index (κ1) is 12.3. The highest BCUT2D eigenvalue weighted by atomic mass is 35.5. The van der Waals surface area contributed by atoms with Crippen molar-refractivity contribution in [2.24, 2.45) is 0 Å². The van der Waals surface area contributed by atoms with Gasteiger partial charge in [0.1, 0.15) is 0 Å². The number of nitrogens with two attached hydrogens (primary N) is 1. The predicted octanol–water partition coefficient (Wildman–Crippen LogP) is 2.42. The first-order valence-corrected chi connectivity index (χ1v) is 2.62. The van der Waals surface area contributed by atoms with Gasteiger partial charge in [0.15, 0.2) is 0 Å². The number of halogens is 2. The third-order valence-electron chi connectivity index (χ3n) is 1.19. The minimum atomic E-state index is 0. The molecule has 1 nitrogen and oxygen atoms in total. The maximum absolute atomic E-state index is 5.52. The van der Waals surface area contributed by atoms with E-state index in [1.54, 1.807) is 0 Å². The molecule has 0 radical (unpaired) electrons. The summed E-state index contributed by atoms with van der Waals surface area (Å²) in [5.74, 6) is 0. The van der Waals surface area contributed by atoms with Crippen LogP contribution in [0, 0.1) is 6.92 Å². The Labute approximate surface area is 73.4 Å². The van der Waals surface area contributed by atoms with Gasteiger partial charge in [0.2, 0.25) is 0 Å². The summed E-state index contributed by atoms with van der Waals surface area (Å²) in [6.07, 6.45) is 0. The molecule has 0 atom stereocenters. The Hall–Kier alpha value is -0.400. The number of hydrogen-bond acceptors (Lipinski definition) is 1. The lowest BCUT2D eigenvalue weighted by molar-refractivity contribution is 1.47. The molecule has 0 aromatic heterocycles. The minimum Gasteiger partial charge on any atom is -0.399 e. The molecule has 0 spiro atoms. The maximum Gasteiger partial charge on any atom is 0.0343 e. The molecule has 0 aliphatic heterocycles. The number of anilines is 1. The van der Waals surface area contributed by atoms with Gasteiger partial charge in [0.05, 0.1) is 0 Å². The molecule has 0 saturated carbocycles. The van der Waals surface area contributed by atoms with Gasteiger partial charge in [-0.2, -0.15) is 0 Å². The van der Waals surface area contributed by atoms with Crippen molar-refractivity contribution in [3.05, 3.63) is 29.8 Å². The zero-order valence-electron chi connectivity index (χ0n) is 5.70. The normalized spacial score (nSPS) is 7.30. The van der Waals surface area contributed by atoms with E-state index in [0.717, 1.165) is 11.3 Å². The van der Waals surface area contributed by atoms with Crippen LogP contribution in [0.25, 0.3) is 0 Å². The Morgan fingerprint density at radius 3 is 1.90 bits per heavy atom. The fraction of sp³-hybridized carbons (Fsp3) is 0.143. The molecular formula is C7H11Cl2N. The van der Waals surface area contributed by atoms with E-state index in [2.05, 4.69) is 0 Å². The van der Waals surface area contributed by atoms with Gasteiger partial charge >= 0.3 is 0 Å². The van der Waals surface area contributed by atoms with Gasteiger partial charge in [0.25, 0.3) is 0 Å². The van der Waals surface area contributed by atoms with Crippen LogP contribution in [0.2, 0.25) is 0 Å². The third-order valence-corrected chi connectivity index (χ3v) is 1.19. The van der Waals surface area contributed by atoms with Gasteiger partial charge in [-0.1, -0.05) is 18.2 Å². The molecule has 0 fully saturated rings. The highest BCUT2D eigenvalue weighted by molar-refractivity contribution is 5.85. The molecule has 0 heterocycles. The van der Waals surface area contributed by atoms with Crippen molar-refractivity contribution in [2.75, 3.05) is 5.73 Å². The molecule has 58 valence electrons. The van der Waals surface area contributed by atoms with Gasteiger partial charge in [-0.3, -0.25) is 0 Å². The number of rotatable bonds is 0. The van der Waals surface area contributed by atoms with Crippen LogP contribution in [0.4, 0.5) is 5.69 Å². The molecule has 0 bridgehead atoms. The Balaban J connectivity index is 0. The van der Waals surface area contributed by atoms with E-state index in [0.29, 0.717) is 0 Å². The van der Waals surface area contributed by atoms with Crippen molar-refractivity contribution in [3.8, 4) is 0 Å². The van der Waals surface area contributed by atoms with E-state index in [4.69, 9.17) is 5.73 Å². The van der Waals surface area contributed by atoms with Crippen molar-refractivity contribution < 1.29 is 0 Å². The topological polar surface area (TPSA) is 26.0 Å². The van der Waals surface area contributed by atoms with Crippen molar-refractivity contribution >= 4 is 30.5 Å². The largest absolute Gasteiger partial charge is 0.399 e. The number of para-hydroxylation sites is 1. The zero-order valence-corrected chi connectivity index (χ0v) is 7.34. The summed E-state index contributed by atoms with van der Waals surface area (Å²) in [6, 6.07) is 7.80. The lowest BCUT2D eigenvalue weighted by atomic mass is 10.2. The van der Waals surface area contributed by atoms with Crippen LogP contribution in [0.3, 0.4) is 0 Å². The summed E-state index contributed by atoms with van der Waals surface area (Å²) in [5, 5.41) is 0. The van der Waals surface area contributed by atoms with Crippen LogP contribution in [0.5, 0.6) is 0 Å². The van der Waals surface area contributed by atoms with Gasteiger partial charge in [-0.05, 0) is 18.6 Å². The Morgan fingerprint density at radius 2 is 1.60 bits per heavy atom. The molecule has 1 aromatic carbocycles. The number of aryl methyl sites for hydroxylation is 1. The summed E-state index contributed by atoms with van der Waals surface area (Å²) in [4.78, 5) is 0. The van der Waals surface area contributed by atoms with Crippen molar-refractivity contribution in [1.29, 1.82) is 0 Å². The lowest BCUT2D eigenvalue weighted by Crippen LogP contribution is -1.85. The van der Waals surface area contributed by atoms with Gasteiger partial charge < -0.3 is 5.73 Å². The molecule has 0 saturated heterocycles. The number of nitrogen functional groups attached to an aromatic ring is 1. The summed E-state index contributed by atoms with van der Waals surface area (Å²) in [7, 11) is 0. The van der Waals surface area contributed by atoms with E-state index in [-0.39, 0.29) is 24.8 Å². The first-order valence-electron chi connectivity index (χ1n) is 2.62. The molecule has 0 aliphatic carbocycles. The van der Waals surface area contributed by atoms with Crippen LogP contribution in [0.15, 0.2) is 24.3 Å². The molecular weight excluding hydrogens is 169 g/mol. The number of benzene rings is 1. The average molecular weight is 180 g/mol. The monoisotopic (exact) mass is 179 g/mol. The van der Waals surface area contributed by atoms with Crippen molar-refractivity contribution in [1.82, 2.24) is 0 Å². The van der Waals surface area contributed by atoms with Crippen LogP contribution < -0.4 is 5.73 Å². The summed E-state index contributed by atoms with van der Waals surface area (Å²) in [6.45, 7) is 2.00. The van der Waals surface area contributed by atoms with E-state index < -0.39 is 0 Å². The standard InChI is InChI=1S/C7H9N.2ClH/c1-6-4-2-3-5-7(6)8;;/h2-5H,8H2,1H3;2*1H. The average Bonchev–Trinajstić information content (AvgIpc) is 1.77. The quantitative estimate of drug-likeness (QED) is 0.609. The molecule has 0 amide bonds. The summed E-state index contributed by atoms with van der Waals surface area (Å²) < 4.78 is 0.